The molecule has 1 aliphatic rings. The SMILES string of the molecule is CN(C)c1ccc(C2C(C(=O)C(C)(C)C)=C(O)C(=O)N2Cc2ccccn2)cc1. The number of ketones is 1. The molecule has 0 radical (unpaired) electrons. The summed E-state index contributed by atoms with van der Waals surface area (Å²) in [4.78, 5) is 33.9. The average molecular weight is 393 g/mol. The Labute approximate surface area is 171 Å². The number of aliphatic hydroxyl groups excluding tert-OH is 1. The standard InChI is InChI=1S/C23H27N3O3/c1-23(2,3)21(28)18-19(15-9-11-17(12-10-15)25(4)5)26(22(29)20(18)27)14-16-8-6-7-13-24-16/h6-13,19,27H,14H2,1-5H3. The van der Waals surface area contributed by atoms with Crippen molar-refractivity contribution in [3.63, 3.8) is 0 Å². The molecule has 2 heterocycles. The number of amides is 1. The molecule has 1 aromatic heterocycles. The van der Waals surface area contributed by atoms with Crippen LogP contribution < -0.4 is 4.90 Å². The molecule has 1 atom stereocenters. The number of aromatic nitrogens is 1. The van der Waals surface area contributed by atoms with E-state index in [1.807, 2.05) is 55.4 Å². The third kappa shape index (κ3) is 4.01. The maximum Gasteiger partial charge on any atom is 0.290 e. The van der Waals surface area contributed by atoms with Gasteiger partial charge in [0.2, 0.25) is 0 Å². The molecule has 1 amide bonds. The normalized spacial score (nSPS) is 17.1. The molecule has 0 saturated heterocycles. The molecule has 1 N–H and O–H groups in total. The van der Waals surface area contributed by atoms with Gasteiger partial charge >= 0.3 is 0 Å². The zero-order valence-electron chi connectivity index (χ0n) is 17.5. The number of pyridine rings is 1. The number of rotatable bonds is 5. The van der Waals surface area contributed by atoms with Crippen LogP contribution >= 0.6 is 0 Å². The molecular formula is C23H27N3O3. The van der Waals surface area contributed by atoms with Gasteiger partial charge in [0.25, 0.3) is 5.91 Å². The lowest BCUT2D eigenvalue weighted by Gasteiger charge is -2.29. The van der Waals surface area contributed by atoms with E-state index in [1.165, 1.54) is 4.90 Å². The average Bonchev–Trinajstić information content (AvgIpc) is 2.92. The van der Waals surface area contributed by atoms with Crippen LogP contribution in [0.4, 0.5) is 5.69 Å². The number of carbonyl (C=O) groups is 2. The monoisotopic (exact) mass is 393 g/mol. The minimum absolute atomic E-state index is 0.149. The van der Waals surface area contributed by atoms with Crippen molar-refractivity contribution in [2.75, 3.05) is 19.0 Å². The van der Waals surface area contributed by atoms with E-state index in [4.69, 9.17) is 0 Å². The summed E-state index contributed by atoms with van der Waals surface area (Å²) in [6.45, 7) is 5.56. The Balaban J connectivity index is 2.08. The molecule has 2 aromatic rings. The van der Waals surface area contributed by atoms with Gasteiger partial charge in [0.1, 0.15) is 0 Å². The van der Waals surface area contributed by atoms with E-state index in [-0.39, 0.29) is 17.9 Å². The molecule has 1 unspecified atom stereocenters. The van der Waals surface area contributed by atoms with E-state index in [1.54, 1.807) is 33.0 Å². The second-order valence-electron chi connectivity index (χ2n) is 8.48. The number of nitrogens with zero attached hydrogens (tertiary/aromatic N) is 3. The fourth-order valence-corrected chi connectivity index (χ4v) is 3.42. The van der Waals surface area contributed by atoms with Crippen molar-refractivity contribution in [3.8, 4) is 0 Å². The van der Waals surface area contributed by atoms with Gasteiger partial charge in [-0.25, -0.2) is 0 Å². The molecule has 6 heteroatoms. The van der Waals surface area contributed by atoms with Crippen LogP contribution in [0.2, 0.25) is 0 Å². The highest BCUT2D eigenvalue weighted by atomic mass is 16.3. The van der Waals surface area contributed by atoms with Crippen LogP contribution in [0.3, 0.4) is 0 Å². The van der Waals surface area contributed by atoms with Crippen molar-refractivity contribution < 1.29 is 14.7 Å². The minimum atomic E-state index is -0.730. The maximum absolute atomic E-state index is 13.2. The molecular weight excluding hydrogens is 366 g/mol. The Bertz CT molecular complexity index is 942. The third-order valence-electron chi connectivity index (χ3n) is 5.01. The lowest BCUT2D eigenvalue weighted by molar-refractivity contribution is -0.130. The molecule has 0 spiro atoms. The maximum atomic E-state index is 13.2. The topological polar surface area (TPSA) is 73.7 Å². The van der Waals surface area contributed by atoms with Crippen molar-refractivity contribution in [3.05, 3.63) is 71.3 Å². The molecule has 1 aromatic carbocycles. The quantitative estimate of drug-likeness (QED) is 0.839. The molecule has 152 valence electrons. The van der Waals surface area contributed by atoms with Crippen LogP contribution in [-0.4, -0.2) is 40.8 Å². The molecule has 0 saturated carbocycles. The van der Waals surface area contributed by atoms with E-state index < -0.39 is 23.1 Å². The molecule has 6 nitrogen and oxygen atoms in total. The van der Waals surface area contributed by atoms with Crippen LogP contribution in [0, 0.1) is 5.41 Å². The van der Waals surface area contributed by atoms with Gasteiger partial charge in [-0.3, -0.25) is 14.6 Å². The van der Waals surface area contributed by atoms with E-state index in [0.717, 1.165) is 11.3 Å². The van der Waals surface area contributed by atoms with Gasteiger partial charge in [0, 0.05) is 31.4 Å². The van der Waals surface area contributed by atoms with E-state index in [0.29, 0.717) is 5.69 Å². The second-order valence-corrected chi connectivity index (χ2v) is 8.48. The first-order chi connectivity index (χ1) is 13.6. The first-order valence-corrected chi connectivity index (χ1v) is 9.57. The van der Waals surface area contributed by atoms with Crippen LogP contribution in [-0.2, 0) is 16.1 Å². The van der Waals surface area contributed by atoms with Crippen molar-refractivity contribution in [2.45, 2.75) is 33.4 Å². The van der Waals surface area contributed by atoms with E-state index in [2.05, 4.69) is 4.98 Å². The third-order valence-corrected chi connectivity index (χ3v) is 5.01. The highest BCUT2D eigenvalue weighted by Crippen LogP contribution is 2.41. The Kier molecular flexibility index (Phi) is 5.46. The van der Waals surface area contributed by atoms with Gasteiger partial charge < -0.3 is 14.9 Å². The largest absolute Gasteiger partial charge is 0.503 e. The lowest BCUT2D eigenvalue weighted by Crippen LogP contribution is -2.32. The molecule has 29 heavy (non-hydrogen) atoms. The number of hydrogen-bond acceptors (Lipinski definition) is 5. The Morgan fingerprint density at radius 2 is 1.79 bits per heavy atom. The number of anilines is 1. The summed E-state index contributed by atoms with van der Waals surface area (Å²) in [5.41, 5.74) is 1.89. The van der Waals surface area contributed by atoms with Crippen LogP contribution in [0.5, 0.6) is 0 Å². The molecule has 0 aliphatic carbocycles. The van der Waals surface area contributed by atoms with Crippen molar-refractivity contribution in [1.82, 2.24) is 9.88 Å². The summed E-state index contributed by atoms with van der Waals surface area (Å²) in [5, 5.41) is 10.7. The van der Waals surface area contributed by atoms with E-state index >= 15 is 0 Å². The Morgan fingerprint density at radius 3 is 2.31 bits per heavy atom. The van der Waals surface area contributed by atoms with E-state index in [9.17, 15) is 14.7 Å². The van der Waals surface area contributed by atoms with Gasteiger partial charge in [-0.1, -0.05) is 39.0 Å². The predicted molar refractivity (Wildman–Crippen MR) is 112 cm³/mol. The smallest absolute Gasteiger partial charge is 0.290 e. The molecule has 0 fully saturated rings. The van der Waals surface area contributed by atoms with Gasteiger partial charge in [-0.15, -0.1) is 0 Å². The fourth-order valence-electron chi connectivity index (χ4n) is 3.42. The summed E-state index contributed by atoms with van der Waals surface area (Å²) in [6.07, 6.45) is 1.66. The van der Waals surface area contributed by atoms with Crippen LogP contribution in [0.25, 0.3) is 0 Å². The van der Waals surface area contributed by atoms with Crippen molar-refractivity contribution in [1.29, 1.82) is 0 Å². The van der Waals surface area contributed by atoms with Crippen molar-refractivity contribution in [2.24, 2.45) is 5.41 Å². The van der Waals surface area contributed by atoms with Crippen LogP contribution in [0.15, 0.2) is 60.0 Å². The summed E-state index contributed by atoms with van der Waals surface area (Å²) in [7, 11) is 3.89. The van der Waals surface area contributed by atoms with Gasteiger partial charge in [0.15, 0.2) is 11.5 Å². The summed E-state index contributed by atoms with van der Waals surface area (Å²) < 4.78 is 0. The van der Waals surface area contributed by atoms with Gasteiger partial charge in [-0.05, 0) is 29.8 Å². The van der Waals surface area contributed by atoms with Crippen molar-refractivity contribution >= 4 is 17.4 Å². The van der Waals surface area contributed by atoms with Crippen LogP contribution in [0.1, 0.15) is 38.1 Å². The Morgan fingerprint density at radius 1 is 1.14 bits per heavy atom. The number of Topliss-reactive ketones (excluding diaryl/α,β-unsaturated/α-hetero) is 1. The zero-order valence-corrected chi connectivity index (χ0v) is 17.5. The first-order valence-electron chi connectivity index (χ1n) is 9.57. The fraction of sp³-hybridized carbons (Fsp3) is 0.348. The zero-order chi connectivity index (χ0) is 21.3. The molecule has 0 bridgehead atoms. The number of carbonyl (C=O) groups excluding carboxylic acids is 2. The Hall–Kier alpha value is -3.15. The summed E-state index contributed by atoms with van der Waals surface area (Å²) in [5.74, 6) is -1.26. The highest BCUT2D eigenvalue weighted by molar-refractivity contribution is 6.10. The predicted octanol–water partition coefficient (Wildman–Crippen LogP) is 3.66. The highest BCUT2D eigenvalue weighted by Gasteiger charge is 2.46. The number of benzene rings is 1. The first kappa shape index (κ1) is 20.6. The van der Waals surface area contributed by atoms with Gasteiger partial charge in [-0.2, -0.15) is 0 Å². The summed E-state index contributed by atoms with van der Waals surface area (Å²) >= 11 is 0. The summed E-state index contributed by atoms with van der Waals surface area (Å²) in [6, 6.07) is 12.5. The number of hydrogen-bond donors (Lipinski definition) is 1. The molecule has 1 aliphatic heterocycles. The molecule has 3 rings (SSSR count). The second kappa shape index (κ2) is 7.70. The number of aliphatic hydroxyl groups is 1. The lowest BCUT2D eigenvalue weighted by atomic mass is 9.82. The van der Waals surface area contributed by atoms with Gasteiger partial charge in [0.05, 0.1) is 23.9 Å². The minimum Gasteiger partial charge on any atom is -0.503 e.